The molecule has 13 heteroatoms. The Labute approximate surface area is 197 Å². The highest BCUT2D eigenvalue weighted by Gasteiger charge is 2.31. The molecule has 0 bridgehead atoms. The van der Waals surface area contributed by atoms with E-state index in [9.17, 15) is 18.0 Å². The van der Waals surface area contributed by atoms with Crippen molar-refractivity contribution in [1.82, 2.24) is 14.9 Å². The quantitative estimate of drug-likeness (QED) is 0.239. The van der Waals surface area contributed by atoms with Gasteiger partial charge in [0.25, 0.3) is 0 Å². The number of benzene rings is 2. The smallest absolute Gasteiger partial charge is 0.416 e. The molecular weight excluding hydrogens is 465 g/mol. The van der Waals surface area contributed by atoms with Crippen molar-refractivity contribution >= 4 is 23.2 Å². The molecule has 0 unspecified atom stereocenters. The zero-order chi connectivity index (χ0) is 24.8. The van der Waals surface area contributed by atoms with Gasteiger partial charge < -0.3 is 15.4 Å². The number of aromatic nitrogens is 2. The van der Waals surface area contributed by atoms with E-state index in [1.165, 1.54) is 18.5 Å². The second-order valence-corrected chi connectivity index (χ2v) is 7.66. The van der Waals surface area contributed by atoms with E-state index in [4.69, 9.17) is 10.3 Å². The average Bonchev–Trinajstić information content (AvgIpc) is 2.77. The van der Waals surface area contributed by atoms with Crippen molar-refractivity contribution in [2.75, 3.05) is 23.7 Å². The Balaban J connectivity index is 1.40. The third-order valence-electron chi connectivity index (χ3n) is 5.04. The largest absolute Gasteiger partial charge is 0.439 e. The number of rotatable bonds is 7. The van der Waals surface area contributed by atoms with Crippen molar-refractivity contribution in [3.63, 3.8) is 0 Å². The lowest BCUT2D eigenvalue weighted by atomic mass is 10.1. The number of nitrogens with one attached hydrogen (secondary N) is 2. The molecule has 180 valence electrons. The third kappa shape index (κ3) is 6.59. The van der Waals surface area contributed by atoms with E-state index in [0.29, 0.717) is 23.5 Å². The average molecular weight is 484 g/mol. The molecule has 4 rings (SSSR count). The summed E-state index contributed by atoms with van der Waals surface area (Å²) in [5, 5.41) is 8.40. The summed E-state index contributed by atoms with van der Waals surface area (Å²) in [5.74, 6) is 0.629. The summed E-state index contributed by atoms with van der Waals surface area (Å²) in [6, 6.07) is 10.4. The Morgan fingerprint density at radius 2 is 1.83 bits per heavy atom. The highest BCUT2D eigenvalue weighted by molar-refractivity contribution is 5.99. The minimum absolute atomic E-state index is 0.0485. The first-order chi connectivity index (χ1) is 16.8. The van der Waals surface area contributed by atoms with Crippen molar-refractivity contribution in [3.05, 3.63) is 76.4 Å². The SMILES string of the molecule is [N-]=[N+]=Nc1cc(Oc2ccc(NC(=O)Nc3cc(CN4CCC4)cc(C(F)(F)F)c3)cc2)ncn1. The lowest BCUT2D eigenvalue weighted by molar-refractivity contribution is -0.137. The molecule has 0 radical (unpaired) electrons. The van der Waals surface area contributed by atoms with E-state index in [0.717, 1.165) is 31.6 Å². The summed E-state index contributed by atoms with van der Waals surface area (Å²) in [5.41, 5.74) is 8.57. The van der Waals surface area contributed by atoms with Gasteiger partial charge in [-0.05, 0) is 78.2 Å². The standard InChI is InChI=1S/C22H19F3N8O2/c23-22(24,25)15-8-14(12-33-6-1-7-33)9-17(10-15)30-21(34)29-16-2-4-18(5-3-16)35-20-11-19(31-32-26)27-13-28-20/h2-5,8-11,13H,1,6-7,12H2,(H2,29,30,34). The fourth-order valence-electron chi connectivity index (χ4n) is 3.32. The van der Waals surface area contributed by atoms with Crippen molar-refractivity contribution in [2.45, 2.75) is 19.1 Å². The number of nitrogens with zero attached hydrogens (tertiary/aromatic N) is 6. The molecule has 2 amide bonds. The van der Waals surface area contributed by atoms with E-state index in [1.54, 1.807) is 24.3 Å². The monoisotopic (exact) mass is 484 g/mol. The maximum Gasteiger partial charge on any atom is 0.416 e. The molecule has 2 aromatic carbocycles. The molecule has 1 aromatic heterocycles. The summed E-state index contributed by atoms with van der Waals surface area (Å²) in [4.78, 5) is 24.8. The summed E-state index contributed by atoms with van der Waals surface area (Å²) >= 11 is 0. The topological polar surface area (TPSA) is 128 Å². The van der Waals surface area contributed by atoms with E-state index in [-0.39, 0.29) is 17.4 Å². The maximum absolute atomic E-state index is 13.3. The van der Waals surface area contributed by atoms with Crippen molar-refractivity contribution in [1.29, 1.82) is 0 Å². The summed E-state index contributed by atoms with van der Waals surface area (Å²) in [6.45, 7) is 2.06. The van der Waals surface area contributed by atoms with Crippen LogP contribution in [0.25, 0.3) is 10.4 Å². The van der Waals surface area contributed by atoms with E-state index >= 15 is 0 Å². The second kappa shape index (κ2) is 10.3. The number of azide groups is 1. The van der Waals surface area contributed by atoms with Gasteiger partial charge in [0.1, 0.15) is 17.9 Å². The van der Waals surface area contributed by atoms with Crippen LogP contribution in [-0.4, -0.2) is 34.0 Å². The van der Waals surface area contributed by atoms with Crippen LogP contribution in [-0.2, 0) is 12.7 Å². The first-order valence-corrected chi connectivity index (χ1v) is 10.4. The predicted octanol–water partition coefficient (Wildman–Crippen LogP) is 6.08. The number of hydrogen-bond donors (Lipinski definition) is 2. The van der Waals surface area contributed by atoms with E-state index in [1.807, 2.05) is 4.90 Å². The number of likely N-dealkylation sites (tertiary alicyclic amines) is 1. The number of amides is 2. The van der Waals surface area contributed by atoms with Crippen LogP contribution in [0.4, 0.5) is 35.2 Å². The number of hydrogen-bond acceptors (Lipinski definition) is 6. The zero-order valence-corrected chi connectivity index (χ0v) is 18.2. The van der Waals surface area contributed by atoms with Crippen LogP contribution in [0.3, 0.4) is 0 Å². The normalized spacial score (nSPS) is 13.3. The number of anilines is 2. The maximum atomic E-state index is 13.3. The third-order valence-corrected chi connectivity index (χ3v) is 5.04. The Morgan fingerprint density at radius 3 is 2.49 bits per heavy atom. The number of carbonyl (C=O) groups excluding carboxylic acids is 1. The zero-order valence-electron chi connectivity index (χ0n) is 18.2. The van der Waals surface area contributed by atoms with Crippen LogP contribution in [0.1, 0.15) is 17.5 Å². The van der Waals surface area contributed by atoms with Gasteiger partial charge in [0.05, 0.1) is 5.56 Å². The predicted molar refractivity (Wildman–Crippen MR) is 121 cm³/mol. The van der Waals surface area contributed by atoms with Crippen LogP contribution < -0.4 is 15.4 Å². The molecule has 2 N–H and O–H groups in total. The molecule has 10 nitrogen and oxygen atoms in total. The molecule has 0 spiro atoms. The fourth-order valence-corrected chi connectivity index (χ4v) is 3.32. The van der Waals surface area contributed by atoms with Gasteiger partial charge in [0.2, 0.25) is 5.88 Å². The molecule has 0 atom stereocenters. The van der Waals surface area contributed by atoms with Gasteiger partial charge in [-0.25, -0.2) is 14.8 Å². The molecule has 0 saturated carbocycles. The van der Waals surface area contributed by atoms with Crippen molar-refractivity contribution in [3.8, 4) is 11.6 Å². The van der Waals surface area contributed by atoms with Crippen LogP contribution in [0.15, 0.2) is 60.0 Å². The van der Waals surface area contributed by atoms with E-state index in [2.05, 4.69) is 30.6 Å². The van der Waals surface area contributed by atoms with Gasteiger partial charge in [-0.2, -0.15) is 13.2 Å². The molecular formula is C22H19F3N8O2. The Hall–Kier alpha value is -4.35. The molecule has 1 fully saturated rings. The molecule has 35 heavy (non-hydrogen) atoms. The Morgan fingerprint density at radius 1 is 1.09 bits per heavy atom. The Kier molecular flexibility index (Phi) is 6.99. The highest BCUT2D eigenvalue weighted by atomic mass is 19.4. The molecule has 3 aromatic rings. The van der Waals surface area contributed by atoms with E-state index < -0.39 is 17.8 Å². The molecule has 2 heterocycles. The van der Waals surface area contributed by atoms with Crippen LogP contribution >= 0.6 is 0 Å². The lowest BCUT2D eigenvalue weighted by Crippen LogP contribution is -2.36. The molecule has 0 aliphatic carbocycles. The fraction of sp³-hybridized carbons (Fsp3) is 0.227. The Bertz CT molecular complexity index is 1260. The van der Waals surface area contributed by atoms with Gasteiger partial charge in [-0.3, -0.25) is 4.90 Å². The minimum atomic E-state index is -4.53. The number of urea groups is 1. The van der Waals surface area contributed by atoms with Gasteiger partial charge in [0, 0.05) is 28.9 Å². The van der Waals surface area contributed by atoms with Crippen molar-refractivity contribution in [2.24, 2.45) is 5.11 Å². The van der Waals surface area contributed by atoms with Crippen molar-refractivity contribution < 1.29 is 22.7 Å². The summed E-state index contributed by atoms with van der Waals surface area (Å²) in [7, 11) is 0. The number of carbonyl (C=O) groups is 1. The number of ether oxygens (including phenoxy) is 1. The van der Waals surface area contributed by atoms with Crippen LogP contribution in [0.2, 0.25) is 0 Å². The number of halogens is 3. The summed E-state index contributed by atoms with van der Waals surface area (Å²) in [6.07, 6.45) is -2.33. The van der Waals surface area contributed by atoms with Gasteiger partial charge in [0.15, 0.2) is 0 Å². The van der Waals surface area contributed by atoms with Crippen LogP contribution in [0.5, 0.6) is 11.6 Å². The lowest BCUT2D eigenvalue weighted by Gasteiger charge is -2.31. The van der Waals surface area contributed by atoms with Gasteiger partial charge in [-0.1, -0.05) is 0 Å². The first kappa shape index (κ1) is 23.8. The molecule has 1 aliphatic rings. The highest BCUT2D eigenvalue weighted by Crippen LogP contribution is 2.33. The van der Waals surface area contributed by atoms with Gasteiger partial charge in [-0.15, -0.1) is 0 Å². The first-order valence-electron chi connectivity index (χ1n) is 10.4. The number of alkyl halides is 3. The minimum Gasteiger partial charge on any atom is -0.439 e. The van der Waals surface area contributed by atoms with Gasteiger partial charge >= 0.3 is 12.2 Å². The molecule has 1 saturated heterocycles. The second-order valence-electron chi connectivity index (χ2n) is 7.66. The molecule has 1 aliphatic heterocycles. The summed E-state index contributed by atoms with van der Waals surface area (Å²) < 4.78 is 45.6. The van der Waals surface area contributed by atoms with Crippen LogP contribution in [0, 0.1) is 0 Å².